The van der Waals surface area contributed by atoms with E-state index in [9.17, 15) is 10.1 Å². The molecule has 1 aliphatic heterocycles. The molecule has 0 saturated carbocycles. The molecule has 7 heteroatoms. The van der Waals surface area contributed by atoms with Crippen molar-refractivity contribution in [3.05, 3.63) is 16.4 Å². The van der Waals surface area contributed by atoms with Gasteiger partial charge in [-0.25, -0.2) is 0 Å². The molecule has 1 N–H and O–H groups in total. The summed E-state index contributed by atoms with van der Waals surface area (Å²) in [5, 5.41) is 14.0. The van der Waals surface area contributed by atoms with Gasteiger partial charge in [-0.1, -0.05) is 6.92 Å². The molecule has 1 aromatic rings. The van der Waals surface area contributed by atoms with Crippen molar-refractivity contribution in [2.24, 2.45) is 12.5 Å². The molecule has 0 atom stereocenters. The number of nitrogens with one attached hydrogen (secondary N) is 1. The van der Waals surface area contributed by atoms with Crippen LogP contribution in [0.25, 0.3) is 0 Å². The van der Waals surface area contributed by atoms with Crippen LogP contribution >= 0.6 is 0 Å². The fourth-order valence-electron chi connectivity index (χ4n) is 2.09. The van der Waals surface area contributed by atoms with Gasteiger partial charge in [-0.3, -0.25) is 4.57 Å². The topological polar surface area (TPSA) is 82.2 Å². The zero-order chi connectivity index (χ0) is 13.2. The first kappa shape index (κ1) is 12.8. The molecule has 0 aromatic carbocycles. The van der Waals surface area contributed by atoms with E-state index in [1.165, 1.54) is 6.33 Å². The first-order valence-corrected chi connectivity index (χ1v) is 5.99. The van der Waals surface area contributed by atoms with Crippen LogP contribution in [-0.2, 0) is 11.8 Å². The van der Waals surface area contributed by atoms with E-state index in [1.807, 2.05) is 0 Å². The van der Waals surface area contributed by atoms with Gasteiger partial charge in [-0.15, -0.1) is 0 Å². The smallest absolute Gasteiger partial charge is 0.381 e. The number of rotatable bonds is 4. The van der Waals surface area contributed by atoms with Gasteiger partial charge in [0.05, 0.1) is 0 Å². The molecule has 2 rings (SSSR count). The molecule has 1 aromatic heterocycles. The highest BCUT2D eigenvalue weighted by atomic mass is 16.6. The van der Waals surface area contributed by atoms with Crippen molar-refractivity contribution in [2.45, 2.75) is 19.8 Å². The average molecular weight is 254 g/mol. The molecule has 0 radical (unpaired) electrons. The minimum Gasteiger partial charge on any atom is -0.381 e. The van der Waals surface area contributed by atoms with Gasteiger partial charge in [-0.2, -0.15) is 0 Å². The Bertz CT molecular complexity index is 437. The van der Waals surface area contributed by atoms with E-state index >= 15 is 0 Å². The van der Waals surface area contributed by atoms with Crippen LogP contribution in [0.5, 0.6) is 0 Å². The molecule has 18 heavy (non-hydrogen) atoms. The average Bonchev–Trinajstić information content (AvgIpc) is 2.69. The highest BCUT2D eigenvalue weighted by Crippen LogP contribution is 2.31. The molecule has 2 heterocycles. The zero-order valence-corrected chi connectivity index (χ0v) is 10.7. The van der Waals surface area contributed by atoms with Crippen molar-refractivity contribution in [1.29, 1.82) is 0 Å². The molecule has 0 amide bonds. The van der Waals surface area contributed by atoms with Gasteiger partial charge in [0, 0.05) is 26.8 Å². The predicted octanol–water partition coefficient (Wildman–Crippen LogP) is 1.56. The van der Waals surface area contributed by atoms with Crippen molar-refractivity contribution in [3.8, 4) is 0 Å². The van der Waals surface area contributed by atoms with Gasteiger partial charge in [0.1, 0.15) is 0 Å². The Balaban J connectivity index is 2.05. The number of hydrogen-bond donors (Lipinski definition) is 1. The predicted molar refractivity (Wildman–Crippen MR) is 66.5 cm³/mol. The lowest BCUT2D eigenvalue weighted by atomic mass is 9.82. The molecule has 100 valence electrons. The maximum atomic E-state index is 10.8. The van der Waals surface area contributed by atoms with Gasteiger partial charge in [0.2, 0.25) is 12.1 Å². The quantitative estimate of drug-likeness (QED) is 0.651. The van der Waals surface area contributed by atoms with E-state index in [-0.39, 0.29) is 11.2 Å². The van der Waals surface area contributed by atoms with Crippen molar-refractivity contribution >= 4 is 11.6 Å². The van der Waals surface area contributed by atoms with Crippen LogP contribution < -0.4 is 5.32 Å². The third-order valence-electron chi connectivity index (χ3n) is 3.47. The lowest BCUT2D eigenvalue weighted by Crippen LogP contribution is -2.33. The molecule has 0 unspecified atom stereocenters. The van der Waals surface area contributed by atoms with Gasteiger partial charge >= 0.3 is 5.82 Å². The lowest BCUT2D eigenvalue weighted by molar-refractivity contribution is -0.388. The van der Waals surface area contributed by atoms with Gasteiger partial charge in [0.15, 0.2) is 0 Å². The first-order chi connectivity index (χ1) is 8.52. The zero-order valence-electron chi connectivity index (χ0n) is 10.7. The lowest BCUT2D eigenvalue weighted by Gasteiger charge is -2.33. The third-order valence-corrected chi connectivity index (χ3v) is 3.47. The number of imidazole rings is 1. The second kappa shape index (κ2) is 4.93. The Morgan fingerprint density at radius 1 is 1.61 bits per heavy atom. The third kappa shape index (κ3) is 2.61. The molecule has 7 nitrogen and oxygen atoms in total. The summed E-state index contributed by atoms with van der Waals surface area (Å²) in [7, 11) is 1.74. The molecule has 0 spiro atoms. The number of aryl methyl sites for hydroxylation is 1. The standard InChI is InChI=1S/C11H18N4O3/c1-11(3-5-18-6-4-11)7-12-9-10(15(16)17)13-8-14(9)2/h8,12H,3-7H2,1-2H3. The van der Waals surface area contributed by atoms with Crippen molar-refractivity contribution in [3.63, 3.8) is 0 Å². The Morgan fingerprint density at radius 2 is 2.28 bits per heavy atom. The Morgan fingerprint density at radius 3 is 2.89 bits per heavy atom. The normalized spacial score (nSPS) is 18.6. The van der Waals surface area contributed by atoms with E-state index in [0.717, 1.165) is 26.1 Å². The van der Waals surface area contributed by atoms with Crippen molar-refractivity contribution in [2.75, 3.05) is 25.1 Å². The fraction of sp³-hybridized carbons (Fsp3) is 0.727. The van der Waals surface area contributed by atoms with Crippen LogP contribution in [0.2, 0.25) is 0 Å². The summed E-state index contributed by atoms with van der Waals surface area (Å²) in [6.45, 7) is 4.37. The van der Waals surface area contributed by atoms with Crippen molar-refractivity contribution in [1.82, 2.24) is 9.55 Å². The molecular formula is C11H18N4O3. The number of hydrogen-bond acceptors (Lipinski definition) is 5. The van der Waals surface area contributed by atoms with Crippen LogP contribution in [-0.4, -0.2) is 34.2 Å². The number of ether oxygens (including phenoxy) is 1. The fourth-order valence-corrected chi connectivity index (χ4v) is 2.09. The molecule has 0 aliphatic carbocycles. The Kier molecular flexibility index (Phi) is 3.51. The van der Waals surface area contributed by atoms with Crippen LogP contribution in [0.3, 0.4) is 0 Å². The minimum absolute atomic E-state index is 0.117. The molecule has 1 saturated heterocycles. The van der Waals surface area contributed by atoms with Crippen LogP contribution in [0.4, 0.5) is 11.6 Å². The second-order valence-corrected chi connectivity index (χ2v) is 5.06. The molecule has 0 bridgehead atoms. The summed E-state index contributed by atoms with van der Waals surface area (Å²) in [6, 6.07) is 0. The summed E-state index contributed by atoms with van der Waals surface area (Å²) in [4.78, 5) is 14.2. The number of nitro groups is 1. The summed E-state index contributed by atoms with van der Waals surface area (Å²) in [5.41, 5.74) is 0.121. The van der Waals surface area contributed by atoms with Gasteiger partial charge < -0.3 is 20.2 Å². The van der Waals surface area contributed by atoms with E-state index in [0.29, 0.717) is 12.4 Å². The van der Waals surface area contributed by atoms with Crippen LogP contribution in [0.1, 0.15) is 19.8 Å². The highest BCUT2D eigenvalue weighted by molar-refractivity contribution is 5.52. The molecular weight excluding hydrogens is 236 g/mol. The second-order valence-electron chi connectivity index (χ2n) is 5.06. The summed E-state index contributed by atoms with van der Waals surface area (Å²) >= 11 is 0. The van der Waals surface area contributed by atoms with Crippen LogP contribution in [0.15, 0.2) is 6.33 Å². The van der Waals surface area contributed by atoms with Gasteiger partial charge in [0.25, 0.3) is 0 Å². The highest BCUT2D eigenvalue weighted by Gasteiger charge is 2.29. The monoisotopic (exact) mass is 254 g/mol. The van der Waals surface area contributed by atoms with Crippen LogP contribution in [0, 0.1) is 15.5 Å². The maximum absolute atomic E-state index is 10.8. The molecule has 1 aliphatic rings. The van der Waals surface area contributed by atoms with Crippen molar-refractivity contribution < 1.29 is 9.66 Å². The minimum atomic E-state index is -0.464. The first-order valence-electron chi connectivity index (χ1n) is 5.99. The number of anilines is 1. The summed E-state index contributed by atoms with van der Waals surface area (Å²) in [6.07, 6.45) is 3.38. The van der Waals surface area contributed by atoms with E-state index in [1.54, 1.807) is 11.6 Å². The van der Waals surface area contributed by atoms with Gasteiger partial charge in [-0.05, 0) is 28.2 Å². The maximum Gasteiger partial charge on any atom is 0.406 e. The Labute approximate surface area is 105 Å². The number of nitrogens with zero attached hydrogens (tertiary/aromatic N) is 3. The SMILES string of the molecule is Cn1cnc([N+](=O)[O-])c1NCC1(C)CCOCC1. The van der Waals surface area contributed by atoms with E-state index in [2.05, 4.69) is 17.2 Å². The van der Waals surface area contributed by atoms with E-state index < -0.39 is 4.92 Å². The summed E-state index contributed by atoms with van der Waals surface area (Å²) < 4.78 is 6.97. The van der Waals surface area contributed by atoms with E-state index in [4.69, 9.17) is 4.74 Å². The Hall–Kier alpha value is -1.63. The molecule has 1 fully saturated rings. The number of aromatic nitrogens is 2. The summed E-state index contributed by atoms with van der Waals surface area (Å²) in [5.74, 6) is 0.348. The largest absolute Gasteiger partial charge is 0.406 e.